The quantitative estimate of drug-likeness (QED) is 0.434. The maximum absolute atomic E-state index is 13.1. The van der Waals surface area contributed by atoms with Crippen LogP contribution in [0.5, 0.6) is 5.75 Å². The molecule has 0 unspecified atom stereocenters. The molecule has 0 fully saturated rings. The van der Waals surface area contributed by atoms with Crippen molar-refractivity contribution in [1.29, 1.82) is 0 Å². The highest BCUT2D eigenvalue weighted by molar-refractivity contribution is 6.31. The molecular weight excluding hydrogens is 459 g/mol. The van der Waals surface area contributed by atoms with E-state index in [0.29, 0.717) is 22.8 Å². The molecule has 3 heterocycles. The van der Waals surface area contributed by atoms with Gasteiger partial charge in [0, 0.05) is 24.2 Å². The summed E-state index contributed by atoms with van der Waals surface area (Å²) in [6, 6.07) is 12.6. The summed E-state index contributed by atoms with van der Waals surface area (Å²) in [5.74, 6) is 0.163. The van der Waals surface area contributed by atoms with Crippen molar-refractivity contribution < 1.29 is 14.2 Å². The van der Waals surface area contributed by atoms with Gasteiger partial charge in [-0.2, -0.15) is 0 Å². The lowest BCUT2D eigenvalue weighted by Gasteiger charge is -2.16. The van der Waals surface area contributed by atoms with Gasteiger partial charge in [0.1, 0.15) is 28.8 Å². The molecule has 4 aromatic rings. The molecular formula is C25H22ClFN4O3. The van der Waals surface area contributed by atoms with E-state index in [1.165, 1.54) is 16.7 Å². The van der Waals surface area contributed by atoms with E-state index in [1.807, 2.05) is 0 Å². The summed E-state index contributed by atoms with van der Waals surface area (Å²) < 4.78 is 20.3. The van der Waals surface area contributed by atoms with E-state index in [-0.39, 0.29) is 29.0 Å². The molecule has 0 aliphatic rings. The van der Waals surface area contributed by atoms with Crippen molar-refractivity contribution in [2.45, 2.75) is 33.0 Å². The predicted octanol–water partition coefficient (Wildman–Crippen LogP) is 4.60. The first-order valence-electron chi connectivity index (χ1n) is 10.5. The molecule has 0 amide bonds. The van der Waals surface area contributed by atoms with Crippen LogP contribution in [0.1, 0.15) is 30.9 Å². The summed E-state index contributed by atoms with van der Waals surface area (Å²) in [7, 11) is 0. The van der Waals surface area contributed by atoms with Crippen molar-refractivity contribution in [2.24, 2.45) is 0 Å². The zero-order valence-electron chi connectivity index (χ0n) is 18.8. The molecule has 9 heteroatoms. The third-order valence-electron chi connectivity index (χ3n) is 5.07. The average Bonchev–Trinajstić information content (AvgIpc) is 2.81. The SMILES string of the molecule is Cc1cc(OCc2ccc(F)cc2)c(Cl)c(=O)n1-c1ccnc(-c2ccnc(C(C)(C)O)n2)c1. The Bertz CT molecular complexity index is 1400. The Morgan fingerprint density at radius 3 is 2.47 bits per heavy atom. The van der Waals surface area contributed by atoms with Gasteiger partial charge >= 0.3 is 0 Å². The molecule has 0 aliphatic carbocycles. The fourth-order valence-corrected chi connectivity index (χ4v) is 3.54. The molecule has 1 aromatic carbocycles. The van der Waals surface area contributed by atoms with Crippen molar-refractivity contribution in [3.05, 3.63) is 99.2 Å². The molecule has 0 saturated heterocycles. The molecule has 0 radical (unpaired) electrons. The van der Waals surface area contributed by atoms with E-state index in [9.17, 15) is 14.3 Å². The first-order chi connectivity index (χ1) is 16.1. The smallest absolute Gasteiger partial charge is 0.277 e. The number of halogens is 2. The van der Waals surface area contributed by atoms with E-state index < -0.39 is 11.2 Å². The summed E-state index contributed by atoms with van der Waals surface area (Å²) in [6.07, 6.45) is 3.11. The number of aryl methyl sites for hydroxylation is 1. The zero-order chi connectivity index (χ0) is 24.5. The summed E-state index contributed by atoms with van der Waals surface area (Å²) in [5.41, 5.74) is 1.23. The number of hydrogen-bond acceptors (Lipinski definition) is 6. The third kappa shape index (κ3) is 4.98. The second-order valence-electron chi connectivity index (χ2n) is 8.24. The van der Waals surface area contributed by atoms with E-state index in [4.69, 9.17) is 16.3 Å². The van der Waals surface area contributed by atoms with Crippen LogP contribution in [-0.2, 0) is 12.2 Å². The lowest BCUT2D eigenvalue weighted by Crippen LogP contribution is -2.22. The molecule has 3 aromatic heterocycles. The number of hydrogen-bond donors (Lipinski definition) is 1. The number of benzene rings is 1. The highest BCUT2D eigenvalue weighted by Gasteiger charge is 2.20. The van der Waals surface area contributed by atoms with Crippen LogP contribution in [0.3, 0.4) is 0 Å². The minimum absolute atomic E-state index is 0.0718. The Morgan fingerprint density at radius 1 is 1.06 bits per heavy atom. The normalized spacial score (nSPS) is 11.5. The molecule has 0 atom stereocenters. The molecule has 0 spiro atoms. The van der Waals surface area contributed by atoms with Crippen molar-refractivity contribution in [3.8, 4) is 22.8 Å². The van der Waals surface area contributed by atoms with Gasteiger partial charge in [-0.05, 0) is 56.7 Å². The average molecular weight is 481 g/mol. The molecule has 0 saturated carbocycles. The highest BCUT2D eigenvalue weighted by atomic mass is 35.5. The Labute approximate surface area is 200 Å². The molecule has 4 rings (SSSR count). The number of rotatable bonds is 6. The zero-order valence-corrected chi connectivity index (χ0v) is 19.5. The van der Waals surface area contributed by atoms with Crippen LogP contribution in [0, 0.1) is 12.7 Å². The van der Waals surface area contributed by atoms with Crippen LogP contribution < -0.4 is 10.3 Å². The van der Waals surface area contributed by atoms with Crippen LogP contribution in [0.2, 0.25) is 5.02 Å². The minimum atomic E-state index is -1.21. The van der Waals surface area contributed by atoms with Gasteiger partial charge in [-0.25, -0.2) is 14.4 Å². The molecule has 7 nitrogen and oxygen atoms in total. The Hall–Kier alpha value is -3.62. The first-order valence-corrected chi connectivity index (χ1v) is 10.8. The maximum atomic E-state index is 13.1. The van der Waals surface area contributed by atoms with Crippen molar-refractivity contribution in [2.75, 3.05) is 0 Å². The minimum Gasteiger partial charge on any atom is -0.487 e. The number of aromatic nitrogens is 4. The number of ether oxygens (including phenoxy) is 1. The van der Waals surface area contributed by atoms with Gasteiger partial charge < -0.3 is 9.84 Å². The standard InChI is InChI=1S/C25H22ClFN4O3/c1-15-12-21(34-14-16-4-6-17(27)7-5-16)22(26)23(32)31(15)18-8-10-28-20(13-18)19-9-11-29-24(30-19)25(2,3)33/h4-13,33H,14H2,1-3H3. The van der Waals surface area contributed by atoms with Gasteiger partial charge in [-0.1, -0.05) is 23.7 Å². The van der Waals surface area contributed by atoms with Gasteiger partial charge in [0.05, 0.1) is 17.1 Å². The topological polar surface area (TPSA) is 90.1 Å². The summed E-state index contributed by atoms with van der Waals surface area (Å²) in [5, 5.41) is 10.1. The second kappa shape index (κ2) is 9.32. The van der Waals surface area contributed by atoms with Gasteiger partial charge in [0.15, 0.2) is 5.82 Å². The molecule has 174 valence electrons. The van der Waals surface area contributed by atoms with Crippen LogP contribution in [0.4, 0.5) is 4.39 Å². The monoisotopic (exact) mass is 480 g/mol. The van der Waals surface area contributed by atoms with Crippen LogP contribution >= 0.6 is 11.6 Å². The van der Waals surface area contributed by atoms with E-state index in [2.05, 4.69) is 15.0 Å². The molecule has 1 N–H and O–H groups in total. The molecule has 34 heavy (non-hydrogen) atoms. The summed E-state index contributed by atoms with van der Waals surface area (Å²) >= 11 is 6.36. The van der Waals surface area contributed by atoms with Crippen molar-refractivity contribution in [1.82, 2.24) is 19.5 Å². The molecule has 0 bridgehead atoms. The van der Waals surface area contributed by atoms with E-state index in [0.717, 1.165) is 5.56 Å². The first kappa shape index (κ1) is 23.5. The number of pyridine rings is 2. The highest BCUT2D eigenvalue weighted by Crippen LogP contribution is 2.26. The lowest BCUT2D eigenvalue weighted by molar-refractivity contribution is 0.0688. The van der Waals surface area contributed by atoms with Gasteiger partial charge in [-0.15, -0.1) is 0 Å². The Balaban J connectivity index is 1.67. The Kier molecular flexibility index (Phi) is 6.45. The lowest BCUT2D eigenvalue weighted by atomic mass is 10.1. The second-order valence-corrected chi connectivity index (χ2v) is 8.62. The number of nitrogens with zero attached hydrogens (tertiary/aromatic N) is 4. The molecule has 0 aliphatic heterocycles. The summed E-state index contributed by atoms with van der Waals surface area (Å²) in [6.45, 7) is 5.10. The maximum Gasteiger partial charge on any atom is 0.277 e. The van der Waals surface area contributed by atoms with Crippen molar-refractivity contribution in [3.63, 3.8) is 0 Å². The van der Waals surface area contributed by atoms with E-state index in [1.54, 1.807) is 69.6 Å². The van der Waals surface area contributed by atoms with Crippen LogP contribution in [0.25, 0.3) is 17.1 Å². The van der Waals surface area contributed by atoms with Crippen molar-refractivity contribution >= 4 is 11.6 Å². The van der Waals surface area contributed by atoms with Crippen LogP contribution in [-0.4, -0.2) is 24.6 Å². The van der Waals surface area contributed by atoms with Gasteiger partial charge in [0.2, 0.25) is 0 Å². The van der Waals surface area contributed by atoms with Gasteiger partial charge in [-0.3, -0.25) is 14.3 Å². The summed E-state index contributed by atoms with van der Waals surface area (Å²) in [4.78, 5) is 26.0. The largest absolute Gasteiger partial charge is 0.487 e. The van der Waals surface area contributed by atoms with E-state index >= 15 is 0 Å². The fourth-order valence-electron chi connectivity index (χ4n) is 3.34. The van der Waals surface area contributed by atoms with Gasteiger partial charge in [0.25, 0.3) is 5.56 Å². The fraction of sp³-hybridized carbons (Fsp3) is 0.200. The third-order valence-corrected chi connectivity index (χ3v) is 5.42. The Morgan fingerprint density at radius 2 is 1.76 bits per heavy atom. The van der Waals surface area contributed by atoms with Crippen LogP contribution in [0.15, 0.2) is 65.7 Å². The number of aliphatic hydroxyl groups is 1. The predicted molar refractivity (Wildman–Crippen MR) is 127 cm³/mol.